The van der Waals surface area contributed by atoms with Crippen LogP contribution in [0.4, 0.5) is 5.69 Å². The summed E-state index contributed by atoms with van der Waals surface area (Å²) in [5, 5.41) is 9.56. The summed E-state index contributed by atoms with van der Waals surface area (Å²) in [6.45, 7) is 6.67. The van der Waals surface area contributed by atoms with Crippen LogP contribution in [-0.4, -0.2) is 47.7 Å². The second-order valence-corrected chi connectivity index (χ2v) is 5.87. The summed E-state index contributed by atoms with van der Waals surface area (Å²) in [5.74, 6) is -0.0275. The minimum atomic E-state index is -0.486. The molecule has 0 bridgehead atoms. The molecule has 1 fully saturated rings. The maximum atomic E-state index is 12.4. The van der Waals surface area contributed by atoms with Gasteiger partial charge in [-0.2, -0.15) is 0 Å². The van der Waals surface area contributed by atoms with Crippen molar-refractivity contribution in [2.24, 2.45) is 0 Å². The second-order valence-electron chi connectivity index (χ2n) is 5.87. The Kier molecular flexibility index (Phi) is 3.54. The van der Waals surface area contributed by atoms with Gasteiger partial charge in [0, 0.05) is 19.3 Å². The zero-order valence-electron chi connectivity index (χ0n) is 12.1. The first-order valence-electron chi connectivity index (χ1n) is 6.58. The fourth-order valence-electron chi connectivity index (χ4n) is 2.54. The van der Waals surface area contributed by atoms with Crippen molar-refractivity contribution in [3.8, 4) is 0 Å². The largest absolute Gasteiger partial charge is 0.394 e. The number of piperazine rings is 1. The Balaban J connectivity index is 2.40. The molecule has 104 valence electrons. The van der Waals surface area contributed by atoms with E-state index >= 15 is 0 Å². The number of carbonyl (C=O) groups is 1. The van der Waals surface area contributed by atoms with Crippen LogP contribution in [0.2, 0.25) is 0 Å². The Labute approximate surface area is 114 Å². The van der Waals surface area contributed by atoms with E-state index in [2.05, 4.69) is 6.07 Å². The lowest BCUT2D eigenvalue weighted by molar-refractivity contribution is -0.139. The molecule has 1 heterocycles. The Bertz CT molecular complexity index is 485. The molecule has 2 rings (SSSR count). The zero-order chi connectivity index (χ0) is 14.2. The van der Waals surface area contributed by atoms with Gasteiger partial charge in [-0.25, -0.2) is 0 Å². The third-order valence-corrected chi connectivity index (χ3v) is 3.96. The summed E-state index contributed by atoms with van der Waals surface area (Å²) in [6.07, 6.45) is 0. The van der Waals surface area contributed by atoms with Crippen LogP contribution in [0.3, 0.4) is 0 Å². The van der Waals surface area contributed by atoms with Gasteiger partial charge in [0.25, 0.3) is 0 Å². The third kappa shape index (κ3) is 2.45. The maximum absolute atomic E-state index is 12.4. The molecule has 1 aromatic rings. The normalized spacial score (nSPS) is 22.8. The number of aliphatic hydroxyl groups is 1. The number of likely N-dealkylation sites (N-methyl/N-ethyl adjacent to an activating group) is 1. The highest BCUT2D eigenvalue weighted by atomic mass is 16.3. The molecule has 1 unspecified atom stereocenters. The van der Waals surface area contributed by atoms with Gasteiger partial charge in [-0.15, -0.1) is 0 Å². The molecule has 1 amide bonds. The summed E-state index contributed by atoms with van der Waals surface area (Å²) >= 11 is 0. The number of hydrogen-bond acceptors (Lipinski definition) is 3. The summed E-state index contributed by atoms with van der Waals surface area (Å²) < 4.78 is 0. The molecule has 1 aliphatic heterocycles. The Hall–Kier alpha value is -1.55. The van der Waals surface area contributed by atoms with Crippen LogP contribution in [0.25, 0.3) is 0 Å². The van der Waals surface area contributed by atoms with E-state index in [9.17, 15) is 9.90 Å². The van der Waals surface area contributed by atoms with E-state index < -0.39 is 6.04 Å². The lowest BCUT2D eigenvalue weighted by Gasteiger charge is -2.49. The molecular weight excluding hydrogens is 240 g/mol. The van der Waals surface area contributed by atoms with Crippen molar-refractivity contribution >= 4 is 11.6 Å². The van der Waals surface area contributed by atoms with Crippen LogP contribution in [-0.2, 0) is 4.79 Å². The topological polar surface area (TPSA) is 43.8 Å². The second kappa shape index (κ2) is 4.85. The van der Waals surface area contributed by atoms with Gasteiger partial charge in [-0.05, 0) is 38.5 Å². The van der Waals surface area contributed by atoms with E-state index in [1.165, 1.54) is 0 Å². The number of nitrogens with zero attached hydrogens (tertiary/aromatic N) is 2. The van der Waals surface area contributed by atoms with E-state index in [1.807, 2.05) is 43.9 Å². The predicted molar refractivity (Wildman–Crippen MR) is 76.2 cm³/mol. The lowest BCUT2D eigenvalue weighted by Crippen LogP contribution is -2.66. The van der Waals surface area contributed by atoms with Crippen LogP contribution in [0, 0.1) is 6.92 Å². The van der Waals surface area contributed by atoms with Crippen LogP contribution in [0.5, 0.6) is 0 Å². The molecule has 0 aliphatic carbocycles. The van der Waals surface area contributed by atoms with E-state index in [0.29, 0.717) is 6.54 Å². The molecule has 4 heteroatoms. The first kappa shape index (κ1) is 13.9. The van der Waals surface area contributed by atoms with Gasteiger partial charge in [-0.3, -0.25) is 4.79 Å². The first-order chi connectivity index (χ1) is 8.86. The highest BCUT2D eigenvalue weighted by Gasteiger charge is 2.42. The van der Waals surface area contributed by atoms with Crippen molar-refractivity contribution in [3.05, 3.63) is 29.8 Å². The predicted octanol–water partition coefficient (Wildman–Crippen LogP) is 1.41. The summed E-state index contributed by atoms with van der Waals surface area (Å²) in [4.78, 5) is 16.1. The van der Waals surface area contributed by atoms with Gasteiger partial charge in [0.05, 0.1) is 12.1 Å². The Morgan fingerprint density at radius 1 is 1.42 bits per heavy atom. The minimum Gasteiger partial charge on any atom is -0.394 e. The van der Waals surface area contributed by atoms with Gasteiger partial charge in [0.15, 0.2) is 0 Å². The van der Waals surface area contributed by atoms with E-state index in [4.69, 9.17) is 0 Å². The molecule has 4 nitrogen and oxygen atoms in total. The molecule has 0 radical (unpaired) electrons. The SMILES string of the molecule is Cc1cccc(N2CC(C)(C)N(C)C(=O)C2CO)c1. The van der Waals surface area contributed by atoms with Gasteiger partial charge in [0.2, 0.25) is 5.91 Å². The quantitative estimate of drug-likeness (QED) is 0.876. The first-order valence-corrected chi connectivity index (χ1v) is 6.58. The smallest absolute Gasteiger partial charge is 0.247 e. The van der Waals surface area contributed by atoms with Gasteiger partial charge in [0.1, 0.15) is 6.04 Å². The monoisotopic (exact) mass is 262 g/mol. The minimum absolute atomic E-state index is 0.0275. The van der Waals surface area contributed by atoms with Crippen molar-refractivity contribution in [2.75, 3.05) is 25.1 Å². The molecule has 1 N–H and O–H groups in total. The number of aryl methyl sites for hydroxylation is 1. The fraction of sp³-hybridized carbons (Fsp3) is 0.533. The average molecular weight is 262 g/mol. The molecule has 1 aliphatic rings. The number of amides is 1. The molecule has 1 saturated heterocycles. The molecule has 0 spiro atoms. The number of aliphatic hydroxyl groups excluding tert-OH is 1. The standard InChI is InChI=1S/C15H22N2O2/c1-11-6-5-7-12(8-11)17-10-15(2,3)16(4)14(19)13(17)9-18/h5-8,13,18H,9-10H2,1-4H3. The zero-order valence-corrected chi connectivity index (χ0v) is 12.1. The van der Waals surface area contributed by atoms with Crippen molar-refractivity contribution in [3.63, 3.8) is 0 Å². The summed E-state index contributed by atoms with van der Waals surface area (Å²) in [7, 11) is 1.80. The molecule has 19 heavy (non-hydrogen) atoms. The Morgan fingerprint density at radius 3 is 2.68 bits per heavy atom. The summed E-state index contributed by atoms with van der Waals surface area (Å²) in [6, 6.07) is 7.57. The van der Waals surface area contributed by atoms with Gasteiger partial charge >= 0.3 is 0 Å². The number of rotatable bonds is 2. The van der Waals surface area contributed by atoms with Crippen LogP contribution in [0.1, 0.15) is 19.4 Å². The lowest BCUT2D eigenvalue weighted by atomic mass is 9.95. The average Bonchev–Trinajstić information content (AvgIpc) is 2.35. The maximum Gasteiger partial charge on any atom is 0.247 e. The molecule has 1 atom stereocenters. The Morgan fingerprint density at radius 2 is 2.11 bits per heavy atom. The van der Waals surface area contributed by atoms with Crippen molar-refractivity contribution in [2.45, 2.75) is 32.4 Å². The fourth-order valence-corrected chi connectivity index (χ4v) is 2.54. The van der Waals surface area contributed by atoms with Crippen LogP contribution >= 0.6 is 0 Å². The summed E-state index contributed by atoms with van der Waals surface area (Å²) in [5.41, 5.74) is 1.90. The van der Waals surface area contributed by atoms with Crippen LogP contribution in [0.15, 0.2) is 24.3 Å². The van der Waals surface area contributed by atoms with Gasteiger partial charge in [-0.1, -0.05) is 12.1 Å². The van der Waals surface area contributed by atoms with Crippen molar-refractivity contribution in [1.29, 1.82) is 0 Å². The number of carbonyl (C=O) groups excluding carboxylic acids is 1. The number of hydrogen-bond donors (Lipinski definition) is 1. The molecule has 1 aromatic carbocycles. The highest BCUT2D eigenvalue weighted by molar-refractivity contribution is 5.87. The van der Waals surface area contributed by atoms with E-state index in [-0.39, 0.29) is 18.1 Å². The molecule has 0 saturated carbocycles. The molecular formula is C15H22N2O2. The highest BCUT2D eigenvalue weighted by Crippen LogP contribution is 2.29. The van der Waals surface area contributed by atoms with Gasteiger partial charge < -0.3 is 14.9 Å². The third-order valence-electron chi connectivity index (χ3n) is 3.96. The number of anilines is 1. The van der Waals surface area contributed by atoms with Crippen molar-refractivity contribution in [1.82, 2.24) is 4.90 Å². The van der Waals surface area contributed by atoms with Crippen LogP contribution < -0.4 is 4.90 Å². The van der Waals surface area contributed by atoms with Crippen molar-refractivity contribution < 1.29 is 9.90 Å². The van der Waals surface area contributed by atoms with E-state index in [0.717, 1.165) is 11.3 Å². The van der Waals surface area contributed by atoms with E-state index in [1.54, 1.807) is 11.9 Å². The molecule has 0 aromatic heterocycles. The number of benzene rings is 1.